The Morgan fingerprint density at radius 2 is 1.82 bits per heavy atom. The number of fused-ring (bicyclic) bond motifs is 1. The molecular formula is C25H30ClNO5S. The van der Waals surface area contributed by atoms with Crippen LogP contribution < -0.4 is 14.4 Å². The normalized spacial score (nSPS) is 18.4. The lowest BCUT2D eigenvalue weighted by molar-refractivity contribution is -0.141. The van der Waals surface area contributed by atoms with Gasteiger partial charge in [-0.3, -0.25) is 9.59 Å². The molecule has 2 aromatic carbocycles. The van der Waals surface area contributed by atoms with Crippen LogP contribution in [0.3, 0.4) is 0 Å². The number of amides is 1. The van der Waals surface area contributed by atoms with Crippen molar-refractivity contribution < 1.29 is 23.8 Å². The van der Waals surface area contributed by atoms with Crippen LogP contribution in [0.25, 0.3) is 0 Å². The van der Waals surface area contributed by atoms with Crippen LogP contribution in [0.1, 0.15) is 43.6 Å². The van der Waals surface area contributed by atoms with Crippen LogP contribution in [-0.2, 0) is 14.3 Å². The van der Waals surface area contributed by atoms with Crippen LogP contribution in [0.4, 0.5) is 5.69 Å². The summed E-state index contributed by atoms with van der Waals surface area (Å²) in [7, 11) is 4.50. The Balaban J connectivity index is 2.26. The first-order chi connectivity index (χ1) is 15.6. The Labute approximate surface area is 204 Å². The van der Waals surface area contributed by atoms with Crippen LogP contribution in [-0.4, -0.2) is 45.0 Å². The highest BCUT2D eigenvalue weighted by Gasteiger charge is 2.40. The van der Waals surface area contributed by atoms with E-state index in [1.807, 2.05) is 30.3 Å². The zero-order valence-corrected chi connectivity index (χ0v) is 21.4. The number of anilines is 1. The van der Waals surface area contributed by atoms with E-state index < -0.39 is 11.2 Å². The van der Waals surface area contributed by atoms with Crippen LogP contribution in [0, 0.1) is 5.41 Å². The van der Waals surface area contributed by atoms with E-state index in [1.54, 1.807) is 25.2 Å². The van der Waals surface area contributed by atoms with Crippen molar-refractivity contribution in [3.63, 3.8) is 0 Å². The van der Waals surface area contributed by atoms with Crippen molar-refractivity contribution in [2.75, 3.05) is 32.8 Å². The molecule has 2 atom stereocenters. The highest BCUT2D eigenvalue weighted by Crippen LogP contribution is 2.51. The van der Waals surface area contributed by atoms with Gasteiger partial charge < -0.3 is 19.1 Å². The molecule has 0 saturated carbocycles. The summed E-state index contributed by atoms with van der Waals surface area (Å²) in [5.74, 6) is 0.605. The number of carbonyl (C=O) groups is 2. The first-order valence-electron chi connectivity index (χ1n) is 10.6. The number of rotatable bonds is 6. The fourth-order valence-corrected chi connectivity index (χ4v) is 5.59. The molecule has 0 spiro atoms. The molecule has 0 bridgehead atoms. The molecule has 8 heteroatoms. The Kier molecular flexibility index (Phi) is 7.85. The fraction of sp³-hybridized carbons (Fsp3) is 0.440. The van der Waals surface area contributed by atoms with Gasteiger partial charge in [-0.15, -0.1) is 11.8 Å². The average Bonchev–Trinajstić information content (AvgIpc) is 2.87. The number of halogens is 1. The standard InChI is InChI=1S/C25H30ClNO5S/c1-25(2,3)14-27-18-11-10-15(26)12-17(18)23(33-20(24(27)29)13-21(28)31-5)16-8-7-9-19(30-4)22(16)32-6/h7-12,20,23H,13-14H2,1-6H3/t20-,23-/m0/s1. The van der Waals surface area contributed by atoms with Gasteiger partial charge in [0, 0.05) is 22.8 Å². The van der Waals surface area contributed by atoms with Gasteiger partial charge in [0.1, 0.15) is 0 Å². The molecule has 1 heterocycles. The second kappa shape index (κ2) is 10.3. The lowest BCUT2D eigenvalue weighted by Crippen LogP contribution is -2.42. The molecule has 1 aliphatic rings. The zero-order valence-electron chi connectivity index (χ0n) is 19.8. The monoisotopic (exact) mass is 491 g/mol. The highest BCUT2D eigenvalue weighted by molar-refractivity contribution is 8.01. The van der Waals surface area contributed by atoms with Gasteiger partial charge in [-0.1, -0.05) is 44.5 Å². The number of thioether (sulfide) groups is 1. The highest BCUT2D eigenvalue weighted by atomic mass is 35.5. The number of esters is 1. The molecule has 6 nitrogen and oxygen atoms in total. The van der Waals surface area contributed by atoms with E-state index in [0.717, 1.165) is 16.8 Å². The fourth-order valence-electron chi connectivity index (χ4n) is 3.94. The van der Waals surface area contributed by atoms with Crippen LogP contribution in [0.5, 0.6) is 11.5 Å². The summed E-state index contributed by atoms with van der Waals surface area (Å²) >= 11 is 7.83. The average molecular weight is 492 g/mol. The number of hydrogen-bond donors (Lipinski definition) is 0. The lowest BCUT2D eigenvalue weighted by Gasteiger charge is -2.31. The van der Waals surface area contributed by atoms with Crippen molar-refractivity contribution in [3.8, 4) is 11.5 Å². The third-order valence-corrected chi connectivity index (χ3v) is 7.04. The van der Waals surface area contributed by atoms with Gasteiger partial charge in [0.15, 0.2) is 11.5 Å². The summed E-state index contributed by atoms with van der Waals surface area (Å²) in [6.07, 6.45) is -0.0366. The molecule has 1 aliphatic heterocycles. The smallest absolute Gasteiger partial charge is 0.307 e. The third kappa shape index (κ3) is 5.58. The van der Waals surface area contributed by atoms with E-state index in [9.17, 15) is 9.59 Å². The Bertz CT molecular complexity index is 1040. The molecule has 0 aromatic heterocycles. The Morgan fingerprint density at radius 1 is 1.09 bits per heavy atom. The molecule has 3 rings (SSSR count). The first kappa shape index (κ1) is 25.2. The van der Waals surface area contributed by atoms with Crippen molar-refractivity contribution >= 4 is 40.9 Å². The number of methoxy groups -OCH3 is 3. The first-order valence-corrected chi connectivity index (χ1v) is 12.0. The molecule has 178 valence electrons. The summed E-state index contributed by atoms with van der Waals surface area (Å²) in [6.45, 7) is 6.71. The van der Waals surface area contributed by atoms with Crippen LogP contribution in [0.2, 0.25) is 5.02 Å². The molecule has 33 heavy (non-hydrogen) atoms. The molecular weight excluding hydrogens is 462 g/mol. The maximum absolute atomic E-state index is 13.8. The number of para-hydroxylation sites is 1. The SMILES string of the molecule is COC(=O)C[C@@H]1S[C@@H](c2cccc(OC)c2OC)c2cc(Cl)ccc2N(CC(C)(C)C)C1=O. The van der Waals surface area contributed by atoms with Gasteiger partial charge in [0.05, 0.1) is 38.3 Å². The molecule has 0 fully saturated rings. The van der Waals surface area contributed by atoms with E-state index in [2.05, 4.69) is 20.8 Å². The molecule has 0 radical (unpaired) electrons. The topological polar surface area (TPSA) is 65.1 Å². The minimum Gasteiger partial charge on any atom is -0.493 e. The largest absolute Gasteiger partial charge is 0.493 e. The third-order valence-electron chi connectivity index (χ3n) is 5.33. The van der Waals surface area contributed by atoms with Crippen molar-refractivity contribution in [1.29, 1.82) is 0 Å². The van der Waals surface area contributed by atoms with Crippen LogP contribution in [0.15, 0.2) is 36.4 Å². The summed E-state index contributed by atoms with van der Waals surface area (Å²) in [5.41, 5.74) is 2.32. The van der Waals surface area contributed by atoms with Gasteiger partial charge in [0.2, 0.25) is 5.91 Å². The van der Waals surface area contributed by atoms with Gasteiger partial charge in [0.25, 0.3) is 0 Å². The van der Waals surface area contributed by atoms with Gasteiger partial charge in [-0.2, -0.15) is 0 Å². The predicted octanol–water partition coefficient (Wildman–Crippen LogP) is 5.50. The van der Waals surface area contributed by atoms with Crippen molar-refractivity contribution in [2.24, 2.45) is 5.41 Å². The van der Waals surface area contributed by atoms with E-state index in [1.165, 1.54) is 18.9 Å². The van der Waals surface area contributed by atoms with Gasteiger partial charge in [-0.25, -0.2) is 0 Å². The second-order valence-corrected chi connectivity index (χ2v) is 10.8. The van der Waals surface area contributed by atoms with Gasteiger partial charge in [-0.05, 0) is 35.2 Å². The molecule has 0 saturated heterocycles. The van der Waals surface area contributed by atoms with E-state index in [-0.39, 0.29) is 23.0 Å². The maximum atomic E-state index is 13.8. The molecule has 0 unspecified atom stereocenters. The Morgan fingerprint density at radius 3 is 2.42 bits per heavy atom. The number of benzene rings is 2. The molecule has 0 N–H and O–H groups in total. The quantitative estimate of drug-likeness (QED) is 0.497. The predicted molar refractivity (Wildman–Crippen MR) is 133 cm³/mol. The zero-order chi connectivity index (χ0) is 24.3. The minimum absolute atomic E-state index is 0.0366. The number of nitrogens with zero attached hydrogens (tertiary/aromatic N) is 1. The van der Waals surface area contributed by atoms with E-state index >= 15 is 0 Å². The number of ether oxygens (including phenoxy) is 3. The second-order valence-electron chi connectivity index (χ2n) is 9.06. The minimum atomic E-state index is -0.646. The van der Waals surface area contributed by atoms with Crippen LogP contribution >= 0.6 is 23.4 Å². The van der Waals surface area contributed by atoms with Crippen molar-refractivity contribution in [2.45, 2.75) is 37.7 Å². The Hall–Kier alpha value is -2.38. The van der Waals surface area contributed by atoms with E-state index in [0.29, 0.717) is 23.1 Å². The number of hydrogen-bond acceptors (Lipinski definition) is 6. The van der Waals surface area contributed by atoms with Gasteiger partial charge >= 0.3 is 5.97 Å². The maximum Gasteiger partial charge on any atom is 0.307 e. The van der Waals surface area contributed by atoms with Crippen molar-refractivity contribution in [1.82, 2.24) is 0 Å². The summed E-state index contributed by atoms with van der Waals surface area (Å²) in [5, 5.41) is -0.407. The molecule has 0 aliphatic carbocycles. The van der Waals surface area contributed by atoms with E-state index in [4.69, 9.17) is 25.8 Å². The summed E-state index contributed by atoms with van der Waals surface area (Å²) < 4.78 is 16.1. The number of carbonyl (C=O) groups excluding carboxylic acids is 2. The summed E-state index contributed by atoms with van der Waals surface area (Å²) in [6, 6.07) is 11.2. The molecule has 2 aromatic rings. The summed E-state index contributed by atoms with van der Waals surface area (Å²) in [4.78, 5) is 27.8. The van der Waals surface area contributed by atoms with Crippen molar-refractivity contribution in [3.05, 3.63) is 52.5 Å². The lowest BCUT2D eigenvalue weighted by atomic mass is 9.94. The molecule has 1 amide bonds.